The van der Waals surface area contributed by atoms with Gasteiger partial charge in [0.2, 0.25) is 0 Å². The minimum atomic E-state index is -0.0478. The maximum absolute atomic E-state index is 9.26. The zero-order valence-corrected chi connectivity index (χ0v) is 10.4. The smallest absolute Gasteiger partial charge is 0.127 e. The third kappa shape index (κ3) is 2.15. The van der Waals surface area contributed by atoms with Crippen LogP contribution < -0.4 is 10.1 Å². The maximum atomic E-state index is 9.26. The van der Waals surface area contributed by atoms with Crippen molar-refractivity contribution in [1.82, 2.24) is 5.32 Å². The van der Waals surface area contributed by atoms with Crippen LogP contribution >= 0.6 is 11.6 Å². The highest BCUT2D eigenvalue weighted by molar-refractivity contribution is 6.30. The normalized spacial score (nSPS) is 19.9. The summed E-state index contributed by atoms with van der Waals surface area (Å²) in [5, 5.41) is 13.4. The number of halogens is 1. The molecule has 2 aliphatic rings. The summed E-state index contributed by atoms with van der Waals surface area (Å²) in [6, 6.07) is 3.93. The van der Waals surface area contributed by atoms with E-state index in [4.69, 9.17) is 16.3 Å². The molecule has 0 amide bonds. The fourth-order valence-electron chi connectivity index (χ4n) is 2.30. The molecule has 1 aromatic rings. The standard InChI is InChI=1S/C13H16ClNO2/c14-11-5-9-1-4-17-12(9)10(6-11)7-15-13(8-16)2-3-13/h5-6,15-16H,1-4,7-8H2. The van der Waals surface area contributed by atoms with Crippen LogP contribution in [-0.2, 0) is 13.0 Å². The highest BCUT2D eigenvalue weighted by Crippen LogP contribution is 2.37. The molecule has 17 heavy (non-hydrogen) atoms. The molecule has 1 aliphatic carbocycles. The Morgan fingerprint density at radius 2 is 2.24 bits per heavy atom. The summed E-state index contributed by atoms with van der Waals surface area (Å²) in [6.45, 7) is 1.66. The molecular formula is C13H16ClNO2. The molecule has 4 heteroatoms. The Bertz CT molecular complexity index is 443. The van der Waals surface area contributed by atoms with Crippen molar-refractivity contribution in [2.75, 3.05) is 13.2 Å². The third-order valence-corrected chi connectivity index (χ3v) is 3.85. The van der Waals surface area contributed by atoms with Crippen molar-refractivity contribution in [1.29, 1.82) is 0 Å². The van der Waals surface area contributed by atoms with Crippen LogP contribution in [-0.4, -0.2) is 23.9 Å². The average Bonchev–Trinajstić information content (AvgIpc) is 2.96. The topological polar surface area (TPSA) is 41.5 Å². The van der Waals surface area contributed by atoms with Crippen LogP contribution in [0.15, 0.2) is 12.1 Å². The number of rotatable bonds is 4. The van der Waals surface area contributed by atoms with Gasteiger partial charge in [0.25, 0.3) is 0 Å². The third-order valence-electron chi connectivity index (χ3n) is 3.64. The summed E-state index contributed by atoms with van der Waals surface area (Å²) >= 11 is 6.10. The van der Waals surface area contributed by atoms with E-state index in [1.165, 1.54) is 5.56 Å². The molecule has 0 unspecified atom stereocenters. The van der Waals surface area contributed by atoms with Gasteiger partial charge in [-0.2, -0.15) is 0 Å². The lowest BCUT2D eigenvalue weighted by Gasteiger charge is -2.16. The zero-order valence-electron chi connectivity index (χ0n) is 9.63. The van der Waals surface area contributed by atoms with Crippen molar-refractivity contribution < 1.29 is 9.84 Å². The summed E-state index contributed by atoms with van der Waals surface area (Å²) < 4.78 is 5.64. The van der Waals surface area contributed by atoms with Gasteiger partial charge in [-0.05, 0) is 30.5 Å². The van der Waals surface area contributed by atoms with Gasteiger partial charge in [0.1, 0.15) is 5.75 Å². The zero-order chi connectivity index (χ0) is 11.9. The number of hydrogen-bond donors (Lipinski definition) is 2. The van der Waals surface area contributed by atoms with E-state index in [-0.39, 0.29) is 12.1 Å². The van der Waals surface area contributed by atoms with Crippen LogP contribution in [0.25, 0.3) is 0 Å². The SMILES string of the molecule is OCC1(NCc2cc(Cl)cc3c2OCC3)CC1. The Kier molecular flexibility index (Phi) is 2.77. The molecule has 0 spiro atoms. The summed E-state index contributed by atoms with van der Waals surface area (Å²) in [6.07, 6.45) is 3.04. The summed E-state index contributed by atoms with van der Waals surface area (Å²) in [5.74, 6) is 0.982. The predicted molar refractivity (Wildman–Crippen MR) is 66.5 cm³/mol. The molecule has 0 atom stereocenters. The van der Waals surface area contributed by atoms with Crippen LogP contribution in [0.2, 0.25) is 5.02 Å². The minimum absolute atomic E-state index is 0.0478. The van der Waals surface area contributed by atoms with Crippen molar-refractivity contribution in [2.45, 2.75) is 31.3 Å². The first kappa shape index (κ1) is 11.3. The van der Waals surface area contributed by atoms with E-state index < -0.39 is 0 Å². The average molecular weight is 254 g/mol. The molecule has 1 aromatic carbocycles. The molecule has 0 radical (unpaired) electrons. The molecule has 1 heterocycles. The monoisotopic (exact) mass is 253 g/mol. The lowest BCUT2D eigenvalue weighted by molar-refractivity contribution is 0.229. The number of aliphatic hydroxyl groups is 1. The Labute approximate surface area is 106 Å². The summed E-state index contributed by atoms with van der Waals surface area (Å²) in [4.78, 5) is 0. The van der Waals surface area contributed by atoms with E-state index in [1.807, 2.05) is 12.1 Å². The Hall–Kier alpha value is -0.770. The van der Waals surface area contributed by atoms with Gasteiger partial charge in [0, 0.05) is 29.1 Å². The van der Waals surface area contributed by atoms with E-state index in [0.717, 1.165) is 42.2 Å². The molecule has 1 aliphatic heterocycles. The number of aliphatic hydroxyl groups excluding tert-OH is 1. The first-order valence-electron chi connectivity index (χ1n) is 6.02. The fraction of sp³-hybridized carbons (Fsp3) is 0.538. The van der Waals surface area contributed by atoms with Crippen LogP contribution in [0.3, 0.4) is 0 Å². The van der Waals surface area contributed by atoms with E-state index in [0.29, 0.717) is 6.54 Å². The second kappa shape index (κ2) is 4.16. The number of ether oxygens (including phenoxy) is 1. The molecule has 92 valence electrons. The molecule has 1 saturated carbocycles. The Morgan fingerprint density at radius 1 is 1.41 bits per heavy atom. The van der Waals surface area contributed by atoms with Crippen molar-refractivity contribution in [3.8, 4) is 5.75 Å². The predicted octanol–water partition coefficient (Wildman–Crippen LogP) is 1.89. The molecule has 2 N–H and O–H groups in total. The second-order valence-corrected chi connectivity index (χ2v) is 5.38. The Morgan fingerprint density at radius 3 is 2.94 bits per heavy atom. The summed E-state index contributed by atoms with van der Waals surface area (Å²) in [7, 11) is 0. The molecule has 3 rings (SSSR count). The quantitative estimate of drug-likeness (QED) is 0.861. The molecule has 0 saturated heterocycles. The van der Waals surface area contributed by atoms with E-state index in [2.05, 4.69) is 5.32 Å². The van der Waals surface area contributed by atoms with Gasteiger partial charge in [-0.1, -0.05) is 11.6 Å². The highest BCUT2D eigenvalue weighted by atomic mass is 35.5. The largest absolute Gasteiger partial charge is 0.493 e. The Balaban J connectivity index is 1.78. The first-order chi connectivity index (χ1) is 8.22. The number of nitrogens with one attached hydrogen (secondary N) is 1. The van der Waals surface area contributed by atoms with E-state index in [1.54, 1.807) is 0 Å². The van der Waals surface area contributed by atoms with Gasteiger partial charge < -0.3 is 15.2 Å². The number of benzene rings is 1. The van der Waals surface area contributed by atoms with Crippen LogP contribution in [0.4, 0.5) is 0 Å². The van der Waals surface area contributed by atoms with Crippen molar-refractivity contribution in [2.24, 2.45) is 0 Å². The molecule has 3 nitrogen and oxygen atoms in total. The first-order valence-corrected chi connectivity index (χ1v) is 6.40. The van der Waals surface area contributed by atoms with Gasteiger partial charge in [-0.25, -0.2) is 0 Å². The van der Waals surface area contributed by atoms with E-state index >= 15 is 0 Å². The van der Waals surface area contributed by atoms with Crippen LogP contribution in [0.5, 0.6) is 5.75 Å². The van der Waals surface area contributed by atoms with Gasteiger partial charge >= 0.3 is 0 Å². The van der Waals surface area contributed by atoms with Crippen molar-refractivity contribution in [3.63, 3.8) is 0 Å². The maximum Gasteiger partial charge on any atom is 0.127 e. The molecular weight excluding hydrogens is 238 g/mol. The van der Waals surface area contributed by atoms with Crippen molar-refractivity contribution in [3.05, 3.63) is 28.3 Å². The van der Waals surface area contributed by atoms with Gasteiger partial charge in [0.05, 0.1) is 13.2 Å². The van der Waals surface area contributed by atoms with Crippen molar-refractivity contribution >= 4 is 11.6 Å². The van der Waals surface area contributed by atoms with Gasteiger partial charge in [-0.15, -0.1) is 0 Å². The molecule has 0 aromatic heterocycles. The van der Waals surface area contributed by atoms with Gasteiger partial charge in [0.15, 0.2) is 0 Å². The lowest BCUT2D eigenvalue weighted by Crippen LogP contribution is -2.34. The summed E-state index contributed by atoms with van der Waals surface area (Å²) in [5.41, 5.74) is 2.25. The second-order valence-electron chi connectivity index (χ2n) is 4.94. The number of hydrogen-bond acceptors (Lipinski definition) is 3. The molecule has 0 bridgehead atoms. The van der Waals surface area contributed by atoms with E-state index in [9.17, 15) is 5.11 Å². The number of fused-ring (bicyclic) bond motifs is 1. The fourth-order valence-corrected chi connectivity index (χ4v) is 2.57. The lowest BCUT2D eigenvalue weighted by atomic mass is 10.1. The minimum Gasteiger partial charge on any atom is -0.493 e. The van der Waals surface area contributed by atoms with Crippen LogP contribution in [0, 0.1) is 0 Å². The highest BCUT2D eigenvalue weighted by Gasteiger charge is 2.41. The van der Waals surface area contributed by atoms with Crippen LogP contribution in [0.1, 0.15) is 24.0 Å². The van der Waals surface area contributed by atoms with Gasteiger partial charge in [-0.3, -0.25) is 0 Å². The molecule has 1 fully saturated rings.